The summed E-state index contributed by atoms with van der Waals surface area (Å²) in [4.78, 5) is 6.81. The van der Waals surface area contributed by atoms with Crippen LogP contribution >= 0.6 is 0 Å². The monoisotopic (exact) mass is 358 g/mol. The summed E-state index contributed by atoms with van der Waals surface area (Å²) in [5.41, 5.74) is 1.06. The fourth-order valence-electron chi connectivity index (χ4n) is 2.86. The molecule has 3 heterocycles. The first-order valence-electron chi connectivity index (χ1n) is 8.73. The van der Waals surface area contributed by atoms with Crippen LogP contribution in [0.1, 0.15) is 5.56 Å². The maximum atomic E-state index is 5.39. The van der Waals surface area contributed by atoms with Gasteiger partial charge in [0.2, 0.25) is 12.7 Å². The average molecular weight is 358 g/mol. The Morgan fingerprint density at radius 2 is 1.96 bits per heavy atom. The molecule has 1 aromatic heterocycles. The molecule has 0 spiro atoms. The number of fused-ring (bicyclic) bond motifs is 1. The molecule has 0 unspecified atom stereocenters. The third kappa shape index (κ3) is 4.30. The molecule has 1 fully saturated rings. The van der Waals surface area contributed by atoms with E-state index in [4.69, 9.17) is 14.2 Å². The summed E-state index contributed by atoms with van der Waals surface area (Å²) in [6, 6.07) is 5.84. The summed E-state index contributed by atoms with van der Waals surface area (Å²) >= 11 is 0. The van der Waals surface area contributed by atoms with Crippen molar-refractivity contribution in [2.24, 2.45) is 0 Å². The van der Waals surface area contributed by atoms with Crippen molar-refractivity contribution in [3.63, 3.8) is 0 Å². The molecule has 0 aliphatic carbocycles. The van der Waals surface area contributed by atoms with Gasteiger partial charge in [-0.1, -0.05) is 6.07 Å². The third-order valence-corrected chi connectivity index (χ3v) is 4.28. The van der Waals surface area contributed by atoms with E-state index in [1.165, 1.54) is 0 Å². The van der Waals surface area contributed by atoms with Gasteiger partial charge in [0.1, 0.15) is 0 Å². The molecule has 0 saturated carbocycles. The third-order valence-electron chi connectivity index (χ3n) is 4.28. The lowest BCUT2D eigenvalue weighted by molar-refractivity contribution is 0.0398. The molecule has 2 N–H and O–H groups in total. The van der Waals surface area contributed by atoms with Gasteiger partial charge in [-0.25, -0.2) is 0 Å². The summed E-state index contributed by atoms with van der Waals surface area (Å²) in [6.07, 6.45) is 1.63. The van der Waals surface area contributed by atoms with Gasteiger partial charge in [0.15, 0.2) is 17.3 Å². The highest BCUT2D eigenvalue weighted by Gasteiger charge is 2.13. The van der Waals surface area contributed by atoms with E-state index in [2.05, 4.69) is 30.7 Å². The molecule has 2 aliphatic heterocycles. The largest absolute Gasteiger partial charge is 0.454 e. The van der Waals surface area contributed by atoms with Crippen molar-refractivity contribution in [1.29, 1.82) is 0 Å². The molecule has 2 aromatic rings. The number of hydrogen-bond donors (Lipinski definition) is 2. The summed E-state index contributed by atoms with van der Waals surface area (Å²) < 4.78 is 16.1. The Hall–Kier alpha value is -2.65. The van der Waals surface area contributed by atoms with Crippen LogP contribution in [0.2, 0.25) is 0 Å². The first-order chi connectivity index (χ1) is 12.9. The zero-order chi connectivity index (χ0) is 17.6. The fraction of sp³-hybridized carbons (Fsp3) is 0.471. The number of hydrogen-bond acceptors (Lipinski definition) is 9. The molecule has 0 atom stereocenters. The van der Waals surface area contributed by atoms with Crippen molar-refractivity contribution in [1.82, 2.24) is 20.1 Å². The SMILES string of the molecule is c1cc2c(cc1CNc1nncc(NCCN3CCOCC3)n1)OCO2. The van der Waals surface area contributed by atoms with Crippen LogP contribution < -0.4 is 20.1 Å². The van der Waals surface area contributed by atoms with E-state index >= 15 is 0 Å². The van der Waals surface area contributed by atoms with Gasteiger partial charge in [0.05, 0.1) is 19.4 Å². The number of morpholine rings is 1. The van der Waals surface area contributed by atoms with Crippen LogP contribution in [0.5, 0.6) is 11.5 Å². The van der Waals surface area contributed by atoms with E-state index in [9.17, 15) is 0 Å². The maximum Gasteiger partial charge on any atom is 0.244 e. The lowest BCUT2D eigenvalue weighted by Crippen LogP contribution is -2.39. The topological polar surface area (TPSA) is 93.7 Å². The van der Waals surface area contributed by atoms with Gasteiger partial charge in [-0.3, -0.25) is 4.90 Å². The summed E-state index contributed by atoms with van der Waals surface area (Å²) in [7, 11) is 0. The van der Waals surface area contributed by atoms with Crippen LogP contribution in [0.25, 0.3) is 0 Å². The van der Waals surface area contributed by atoms with Crippen LogP contribution in [0, 0.1) is 0 Å². The first-order valence-corrected chi connectivity index (χ1v) is 8.73. The number of nitrogens with one attached hydrogen (secondary N) is 2. The van der Waals surface area contributed by atoms with Gasteiger partial charge in [0.25, 0.3) is 0 Å². The zero-order valence-corrected chi connectivity index (χ0v) is 14.5. The summed E-state index contributed by atoms with van der Waals surface area (Å²) in [5.74, 6) is 2.74. The van der Waals surface area contributed by atoms with Crippen LogP contribution in [-0.2, 0) is 11.3 Å². The molecule has 1 saturated heterocycles. The Labute approximate surface area is 151 Å². The van der Waals surface area contributed by atoms with Crippen LogP contribution in [0.3, 0.4) is 0 Å². The Bertz CT molecular complexity index is 738. The maximum absolute atomic E-state index is 5.39. The van der Waals surface area contributed by atoms with E-state index in [1.54, 1.807) is 6.20 Å². The molecule has 0 bridgehead atoms. The minimum absolute atomic E-state index is 0.275. The quantitative estimate of drug-likeness (QED) is 0.750. The van der Waals surface area contributed by atoms with E-state index in [-0.39, 0.29) is 6.79 Å². The van der Waals surface area contributed by atoms with Gasteiger partial charge < -0.3 is 24.8 Å². The van der Waals surface area contributed by atoms with E-state index in [0.717, 1.165) is 56.5 Å². The molecule has 1 aromatic carbocycles. The van der Waals surface area contributed by atoms with Crippen LogP contribution in [0.15, 0.2) is 24.4 Å². The van der Waals surface area contributed by atoms with E-state index in [1.807, 2.05) is 18.2 Å². The lowest BCUT2D eigenvalue weighted by Gasteiger charge is -2.26. The highest BCUT2D eigenvalue weighted by Crippen LogP contribution is 2.32. The van der Waals surface area contributed by atoms with E-state index in [0.29, 0.717) is 18.3 Å². The zero-order valence-electron chi connectivity index (χ0n) is 14.5. The minimum Gasteiger partial charge on any atom is -0.454 e. The molecule has 0 radical (unpaired) electrons. The fourth-order valence-corrected chi connectivity index (χ4v) is 2.86. The van der Waals surface area contributed by atoms with Crippen molar-refractivity contribution >= 4 is 11.8 Å². The smallest absolute Gasteiger partial charge is 0.244 e. The summed E-state index contributed by atoms with van der Waals surface area (Å²) in [5, 5.41) is 14.5. The number of aromatic nitrogens is 3. The Morgan fingerprint density at radius 1 is 1.08 bits per heavy atom. The second-order valence-electron chi connectivity index (χ2n) is 6.09. The van der Waals surface area contributed by atoms with Crippen LogP contribution in [-0.4, -0.2) is 66.3 Å². The molecule has 26 heavy (non-hydrogen) atoms. The lowest BCUT2D eigenvalue weighted by atomic mass is 10.2. The Balaban J connectivity index is 1.27. The molecule has 138 valence electrons. The number of ether oxygens (including phenoxy) is 3. The van der Waals surface area contributed by atoms with Gasteiger partial charge in [0, 0.05) is 32.7 Å². The van der Waals surface area contributed by atoms with Gasteiger partial charge >= 0.3 is 0 Å². The molecule has 9 nitrogen and oxygen atoms in total. The van der Waals surface area contributed by atoms with Crippen molar-refractivity contribution in [2.75, 3.05) is 56.8 Å². The van der Waals surface area contributed by atoms with Crippen molar-refractivity contribution in [3.8, 4) is 11.5 Å². The predicted molar refractivity (Wildman–Crippen MR) is 95.5 cm³/mol. The van der Waals surface area contributed by atoms with Gasteiger partial charge in [-0.2, -0.15) is 10.1 Å². The number of benzene rings is 1. The van der Waals surface area contributed by atoms with Crippen molar-refractivity contribution in [3.05, 3.63) is 30.0 Å². The molecule has 9 heteroatoms. The number of rotatable bonds is 7. The molecule has 4 rings (SSSR count). The normalized spacial score (nSPS) is 16.5. The predicted octanol–water partition coefficient (Wildman–Crippen LogP) is 0.956. The molecular formula is C17H22N6O3. The van der Waals surface area contributed by atoms with Gasteiger partial charge in [-0.15, -0.1) is 5.10 Å². The first kappa shape index (κ1) is 16.8. The standard InChI is InChI=1S/C17H22N6O3/c1-2-14-15(26-12-25-14)9-13(1)10-19-17-21-16(11-20-22-17)18-3-4-23-5-7-24-8-6-23/h1-2,9,11H,3-8,10,12H2,(H2,18,19,21,22). The highest BCUT2D eigenvalue weighted by molar-refractivity contribution is 5.45. The Morgan fingerprint density at radius 3 is 2.88 bits per heavy atom. The number of nitrogens with zero attached hydrogens (tertiary/aromatic N) is 4. The minimum atomic E-state index is 0.275. The second-order valence-corrected chi connectivity index (χ2v) is 6.09. The second kappa shape index (κ2) is 8.15. The molecule has 0 amide bonds. The summed E-state index contributed by atoms with van der Waals surface area (Å²) in [6.45, 7) is 6.19. The van der Waals surface area contributed by atoms with Gasteiger partial charge in [-0.05, 0) is 17.7 Å². The highest BCUT2D eigenvalue weighted by atomic mass is 16.7. The van der Waals surface area contributed by atoms with Crippen molar-refractivity contribution in [2.45, 2.75) is 6.54 Å². The average Bonchev–Trinajstić information content (AvgIpc) is 3.15. The molecular weight excluding hydrogens is 336 g/mol. The van der Waals surface area contributed by atoms with E-state index < -0.39 is 0 Å². The van der Waals surface area contributed by atoms with Crippen molar-refractivity contribution < 1.29 is 14.2 Å². The Kier molecular flexibility index (Phi) is 5.27. The van der Waals surface area contributed by atoms with Crippen LogP contribution in [0.4, 0.5) is 11.8 Å². The number of anilines is 2. The molecule has 2 aliphatic rings.